The van der Waals surface area contributed by atoms with Crippen LogP contribution in [0.3, 0.4) is 0 Å². The first-order chi connectivity index (χ1) is 16.1. The van der Waals surface area contributed by atoms with E-state index < -0.39 is 0 Å². The van der Waals surface area contributed by atoms with Crippen molar-refractivity contribution in [2.45, 2.75) is 31.8 Å². The van der Waals surface area contributed by atoms with Crippen molar-refractivity contribution in [3.8, 4) is 11.8 Å². The van der Waals surface area contributed by atoms with Crippen LogP contribution < -0.4 is 4.74 Å². The van der Waals surface area contributed by atoms with E-state index in [0.29, 0.717) is 29.7 Å². The van der Waals surface area contributed by atoms with Crippen molar-refractivity contribution in [1.29, 1.82) is 5.26 Å². The van der Waals surface area contributed by atoms with Gasteiger partial charge in [-0.15, -0.1) is 0 Å². The Hall–Kier alpha value is -3.62. The van der Waals surface area contributed by atoms with E-state index in [1.807, 2.05) is 24.4 Å². The number of halogens is 2. The number of fused-ring (bicyclic) bond motifs is 3. The predicted molar refractivity (Wildman–Crippen MR) is 125 cm³/mol. The van der Waals surface area contributed by atoms with Gasteiger partial charge < -0.3 is 9.14 Å². The molecule has 0 bridgehead atoms. The van der Waals surface area contributed by atoms with Gasteiger partial charge in [0, 0.05) is 41.8 Å². The van der Waals surface area contributed by atoms with Crippen LogP contribution in [0.1, 0.15) is 52.4 Å². The molecule has 2 aromatic heterocycles. The van der Waals surface area contributed by atoms with Gasteiger partial charge in [0.1, 0.15) is 18.2 Å². The number of nitrogens with zero attached hydrogens (tertiary/aromatic N) is 3. The van der Waals surface area contributed by atoms with Crippen molar-refractivity contribution < 1.29 is 9.13 Å². The molecular weight excluding hydrogens is 437 g/mol. The van der Waals surface area contributed by atoms with Crippen LogP contribution in [0.4, 0.5) is 4.39 Å². The lowest BCUT2D eigenvalue weighted by molar-refractivity contribution is 0.305. The van der Waals surface area contributed by atoms with Gasteiger partial charge in [0.2, 0.25) is 0 Å². The zero-order valence-electron chi connectivity index (χ0n) is 17.7. The second-order valence-electron chi connectivity index (χ2n) is 8.55. The molecule has 4 nitrogen and oxygen atoms in total. The average molecular weight is 456 g/mol. The molecule has 0 amide bonds. The maximum atomic E-state index is 13.8. The molecule has 0 spiro atoms. The van der Waals surface area contributed by atoms with Crippen LogP contribution in [-0.2, 0) is 13.0 Å². The van der Waals surface area contributed by atoms with Crippen molar-refractivity contribution in [3.05, 3.63) is 105 Å². The molecule has 4 aromatic rings. The Labute approximate surface area is 195 Å². The third-order valence-electron chi connectivity index (χ3n) is 6.35. The first kappa shape index (κ1) is 20.0. The van der Waals surface area contributed by atoms with Crippen LogP contribution in [0.2, 0.25) is 5.02 Å². The normalized spacial score (nSPS) is 16.1. The zero-order chi connectivity index (χ0) is 22.5. The summed E-state index contributed by atoms with van der Waals surface area (Å²) in [5.74, 6) is 0.576. The minimum absolute atomic E-state index is 0.302. The summed E-state index contributed by atoms with van der Waals surface area (Å²) < 4.78 is 21.9. The number of hydrogen-bond acceptors (Lipinski definition) is 3. The van der Waals surface area contributed by atoms with E-state index >= 15 is 0 Å². The van der Waals surface area contributed by atoms with Gasteiger partial charge in [-0.1, -0.05) is 29.8 Å². The van der Waals surface area contributed by atoms with E-state index in [-0.39, 0.29) is 5.82 Å². The van der Waals surface area contributed by atoms with Gasteiger partial charge in [-0.2, -0.15) is 5.26 Å². The molecule has 2 aliphatic rings. The van der Waals surface area contributed by atoms with Gasteiger partial charge in [-0.05, 0) is 53.8 Å². The number of aromatic nitrogens is 2. The lowest BCUT2D eigenvalue weighted by atomic mass is 9.92. The van der Waals surface area contributed by atoms with Crippen LogP contribution in [0.5, 0.6) is 5.75 Å². The van der Waals surface area contributed by atoms with Gasteiger partial charge in [-0.25, -0.2) is 9.37 Å². The van der Waals surface area contributed by atoms with Gasteiger partial charge in [-0.3, -0.25) is 0 Å². The largest absolute Gasteiger partial charge is 0.488 e. The van der Waals surface area contributed by atoms with E-state index in [9.17, 15) is 9.65 Å². The van der Waals surface area contributed by atoms with Crippen molar-refractivity contribution in [1.82, 2.24) is 9.38 Å². The van der Waals surface area contributed by atoms with Gasteiger partial charge >= 0.3 is 0 Å². The summed E-state index contributed by atoms with van der Waals surface area (Å²) >= 11 is 6.43. The summed E-state index contributed by atoms with van der Waals surface area (Å²) in [4.78, 5) is 4.87. The van der Waals surface area contributed by atoms with Gasteiger partial charge in [0.05, 0.1) is 22.5 Å². The molecule has 3 heterocycles. The first-order valence-corrected chi connectivity index (χ1v) is 11.3. The van der Waals surface area contributed by atoms with Crippen molar-refractivity contribution in [3.63, 3.8) is 0 Å². The molecule has 0 N–H and O–H groups in total. The number of hydrogen-bond donors (Lipinski definition) is 0. The lowest BCUT2D eigenvalue weighted by Gasteiger charge is -2.11. The number of benzene rings is 2. The maximum absolute atomic E-state index is 13.8. The van der Waals surface area contributed by atoms with Crippen LogP contribution in [0.15, 0.2) is 60.8 Å². The Morgan fingerprint density at radius 1 is 1.18 bits per heavy atom. The summed E-state index contributed by atoms with van der Waals surface area (Å²) in [6.07, 6.45) is 6.54. The van der Waals surface area contributed by atoms with Crippen molar-refractivity contribution in [2.75, 3.05) is 0 Å². The highest BCUT2D eigenvalue weighted by Crippen LogP contribution is 2.43. The topological polar surface area (TPSA) is 50.3 Å². The second kappa shape index (κ2) is 7.75. The zero-order valence-corrected chi connectivity index (χ0v) is 18.4. The average Bonchev–Trinajstić information content (AvgIpc) is 3.61. The summed E-state index contributed by atoms with van der Waals surface area (Å²) in [6.45, 7) is 0.302. The number of imidazole rings is 1. The van der Waals surface area contributed by atoms with Crippen LogP contribution in [0, 0.1) is 17.1 Å². The fraction of sp³-hybridized carbons (Fsp3) is 0.185. The minimum atomic E-state index is -0.365. The van der Waals surface area contributed by atoms with E-state index in [2.05, 4.69) is 22.6 Å². The monoisotopic (exact) mass is 455 g/mol. The molecule has 1 aliphatic heterocycles. The Morgan fingerprint density at radius 3 is 2.85 bits per heavy atom. The highest BCUT2D eigenvalue weighted by Gasteiger charge is 2.30. The summed E-state index contributed by atoms with van der Waals surface area (Å²) in [5, 5.41) is 10.0. The Bertz CT molecular complexity index is 1490. The standard InChI is InChI=1S/C27H19ClFN3O/c28-23-2-1-11-32-24(26(17-4-5-17)31-27(23)32)13-16-3-7-20-18(12-16)15-33-25-14-19(29)6-8-22(25)21(20)9-10-30/h1-3,6-9,11-12,14,17H,4-5,13,15H2. The van der Waals surface area contributed by atoms with E-state index in [1.54, 1.807) is 6.07 Å². The minimum Gasteiger partial charge on any atom is -0.488 e. The molecule has 6 rings (SSSR count). The first-order valence-electron chi connectivity index (χ1n) is 10.9. The Kier molecular flexibility index (Phi) is 4.70. The number of rotatable bonds is 3. The third-order valence-corrected chi connectivity index (χ3v) is 6.65. The highest BCUT2D eigenvalue weighted by molar-refractivity contribution is 6.33. The van der Waals surface area contributed by atoms with Crippen molar-refractivity contribution in [2.24, 2.45) is 0 Å². The molecule has 0 radical (unpaired) electrons. The molecule has 6 heteroatoms. The predicted octanol–water partition coefficient (Wildman–Crippen LogP) is 6.44. The number of pyridine rings is 1. The molecule has 33 heavy (non-hydrogen) atoms. The highest BCUT2D eigenvalue weighted by atomic mass is 35.5. The van der Waals surface area contributed by atoms with Crippen molar-refractivity contribution >= 4 is 22.8 Å². The molecule has 2 aromatic carbocycles. The Morgan fingerprint density at radius 2 is 2.03 bits per heavy atom. The van der Waals surface area contributed by atoms with E-state index in [1.165, 1.54) is 18.2 Å². The second-order valence-corrected chi connectivity index (χ2v) is 8.96. The number of ether oxygens (including phenoxy) is 1. The van der Waals surface area contributed by atoms with E-state index in [4.69, 9.17) is 21.3 Å². The van der Waals surface area contributed by atoms with Gasteiger partial charge in [0.25, 0.3) is 0 Å². The third kappa shape index (κ3) is 3.48. The Balaban J connectivity index is 1.43. The fourth-order valence-electron chi connectivity index (χ4n) is 4.65. The fourth-order valence-corrected chi connectivity index (χ4v) is 4.86. The lowest BCUT2D eigenvalue weighted by Crippen LogP contribution is -2.01. The van der Waals surface area contributed by atoms with Crippen LogP contribution >= 0.6 is 11.6 Å². The molecule has 0 atom stereocenters. The summed E-state index contributed by atoms with van der Waals surface area (Å²) in [5.41, 5.74) is 7.55. The molecule has 1 aliphatic carbocycles. The smallest absolute Gasteiger partial charge is 0.156 e. The molecular formula is C27H19ClFN3O. The van der Waals surface area contributed by atoms with Crippen LogP contribution in [0.25, 0.3) is 11.2 Å². The van der Waals surface area contributed by atoms with E-state index in [0.717, 1.165) is 57.7 Å². The summed E-state index contributed by atoms with van der Waals surface area (Å²) in [6, 6.07) is 16.6. The molecule has 0 saturated heterocycles. The molecule has 1 saturated carbocycles. The maximum Gasteiger partial charge on any atom is 0.156 e. The van der Waals surface area contributed by atoms with Gasteiger partial charge in [0.15, 0.2) is 5.65 Å². The SMILES string of the molecule is N#CC=C1c2ccc(Cc3c(C4CC4)nc4c(Cl)cccn34)cc2COc2cc(F)ccc21. The molecule has 0 unspecified atom stereocenters. The van der Waals surface area contributed by atoms with Crippen LogP contribution in [-0.4, -0.2) is 9.38 Å². The number of nitriles is 1. The molecule has 1 fully saturated rings. The quantitative estimate of drug-likeness (QED) is 0.334. The molecule has 162 valence electrons. The number of allylic oxidation sites excluding steroid dienone is 1. The summed E-state index contributed by atoms with van der Waals surface area (Å²) in [7, 11) is 0.